The van der Waals surface area contributed by atoms with Crippen LogP contribution in [0.3, 0.4) is 0 Å². The van der Waals surface area contributed by atoms with Crippen molar-refractivity contribution in [1.29, 1.82) is 0 Å². The molecule has 26 heavy (non-hydrogen) atoms. The third-order valence-corrected chi connectivity index (χ3v) is 5.61. The van der Waals surface area contributed by atoms with Gasteiger partial charge in [-0.2, -0.15) is 0 Å². The number of phenols is 1. The highest BCUT2D eigenvalue weighted by Gasteiger charge is 2.23. The first-order valence-corrected chi connectivity index (χ1v) is 9.69. The molecule has 0 aliphatic carbocycles. The molecule has 1 N–H and O–H groups in total. The zero-order valence-electron chi connectivity index (χ0n) is 14.7. The number of ketones is 1. The van der Waals surface area contributed by atoms with Crippen molar-refractivity contribution in [2.24, 2.45) is 0 Å². The average Bonchev–Trinajstić information content (AvgIpc) is 2.61. The maximum atomic E-state index is 12.6. The van der Waals surface area contributed by atoms with Crippen molar-refractivity contribution < 1.29 is 23.1 Å². The van der Waals surface area contributed by atoms with Crippen LogP contribution in [0.4, 0.5) is 0 Å². The zero-order valence-corrected chi connectivity index (χ0v) is 15.5. The molecule has 0 saturated carbocycles. The van der Waals surface area contributed by atoms with E-state index in [1.165, 1.54) is 29.2 Å². The number of amides is 1. The van der Waals surface area contributed by atoms with E-state index in [0.717, 1.165) is 0 Å². The van der Waals surface area contributed by atoms with Gasteiger partial charge >= 0.3 is 0 Å². The molecule has 138 valence electrons. The molecule has 0 aliphatic rings. The van der Waals surface area contributed by atoms with Gasteiger partial charge in [0.2, 0.25) is 0 Å². The number of rotatable bonds is 7. The monoisotopic (exact) mass is 375 g/mol. The quantitative estimate of drug-likeness (QED) is 0.800. The van der Waals surface area contributed by atoms with Gasteiger partial charge in [-0.3, -0.25) is 9.59 Å². The fourth-order valence-electron chi connectivity index (χ4n) is 2.44. The maximum Gasteiger partial charge on any atom is 0.254 e. The molecule has 6 nitrogen and oxygen atoms in total. The highest BCUT2D eigenvalue weighted by Crippen LogP contribution is 2.19. The summed E-state index contributed by atoms with van der Waals surface area (Å²) in [6.45, 7) is 0. The molecule has 0 radical (unpaired) electrons. The summed E-state index contributed by atoms with van der Waals surface area (Å²) in [4.78, 5) is 25.5. The Morgan fingerprint density at radius 3 is 2.23 bits per heavy atom. The molecule has 1 amide bonds. The van der Waals surface area contributed by atoms with E-state index in [4.69, 9.17) is 0 Å². The third-order valence-electron chi connectivity index (χ3n) is 3.85. The Labute approximate surface area is 153 Å². The lowest BCUT2D eigenvalue weighted by molar-refractivity contribution is -0.118. The Bertz CT molecular complexity index is 902. The Morgan fingerprint density at radius 1 is 1.00 bits per heavy atom. The van der Waals surface area contributed by atoms with Crippen molar-refractivity contribution in [3.8, 4) is 5.75 Å². The highest BCUT2D eigenvalue weighted by molar-refractivity contribution is 7.91. The van der Waals surface area contributed by atoms with E-state index in [2.05, 4.69) is 0 Å². The van der Waals surface area contributed by atoms with Gasteiger partial charge in [0.05, 0.1) is 16.2 Å². The largest absolute Gasteiger partial charge is 0.508 e. The van der Waals surface area contributed by atoms with Gasteiger partial charge in [-0.05, 0) is 29.8 Å². The standard InChI is InChI=1S/C19H21NO5S/c1-20(2)19(23)17-5-3-4-6-18(17)26(24,25)12-11-16(22)13-14-7-9-15(21)10-8-14/h3-10,21H,11-13H2,1-2H3. The zero-order chi connectivity index (χ0) is 19.3. The summed E-state index contributed by atoms with van der Waals surface area (Å²) in [5.41, 5.74) is 0.803. The summed E-state index contributed by atoms with van der Waals surface area (Å²) in [6.07, 6.45) is -0.0538. The van der Waals surface area contributed by atoms with Crippen LogP contribution in [-0.2, 0) is 21.1 Å². The van der Waals surface area contributed by atoms with Crippen LogP contribution in [0.1, 0.15) is 22.3 Å². The Morgan fingerprint density at radius 2 is 1.62 bits per heavy atom. The summed E-state index contributed by atoms with van der Waals surface area (Å²) in [7, 11) is -0.675. The first-order chi connectivity index (χ1) is 12.2. The van der Waals surface area contributed by atoms with Gasteiger partial charge < -0.3 is 10.0 Å². The molecule has 2 aromatic carbocycles. The molecule has 7 heteroatoms. The lowest BCUT2D eigenvalue weighted by Crippen LogP contribution is -2.24. The number of phenolic OH excluding ortho intramolecular Hbond substituents is 1. The van der Waals surface area contributed by atoms with Gasteiger partial charge in [0, 0.05) is 26.9 Å². The molecule has 0 aliphatic heterocycles. The molecule has 2 aromatic rings. The van der Waals surface area contributed by atoms with E-state index < -0.39 is 15.7 Å². The SMILES string of the molecule is CN(C)C(=O)c1ccccc1S(=O)(=O)CCC(=O)Cc1ccc(O)cc1. The number of nitrogens with zero attached hydrogens (tertiary/aromatic N) is 1. The molecule has 0 unspecified atom stereocenters. The Kier molecular flexibility index (Phi) is 6.15. The molecule has 0 spiro atoms. The maximum absolute atomic E-state index is 12.6. The molecule has 0 saturated heterocycles. The molecule has 0 bridgehead atoms. The van der Waals surface area contributed by atoms with Crippen LogP contribution in [0, 0.1) is 0 Å². The molecule has 0 atom stereocenters. The van der Waals surface area contributed by atoms with E-state index in [1.807, 2.05) is 0 Å². The van der Waals surface area contributed by atoms with Gasteiger partial charge in [0.25, 0.3) is 5.91 Å². The van der Waals surface area contributed by atoms with Crippen LogP contribution in [-0.4, -0.2) is 50.0 Å². The minimum atomic E-state index is -3.77. The predicted molar refractivity (Wildman–Crippen MR) is 97.9 cm³/mol. The summed E-state index contributed by atoms with van der Waals surface area (Å²) >= 11 is 0. The first kappa shape index (κ1) is 19.7. The second kappa shape index (κ2) is 8.14. The van der Waals surface area contributed by atoms with Gasteiger partial charge in [-0.25, -0.2) is 8.42 Å². The van der Waals surface area contributed by atoms with Crippen molar-refractivity contribution in [3.05, 3.63) is 59.7 Å². The van der Waals surface area contributed by atoms with Crippen LogP contribution in [0.25, 0.3) is 0 Å². The summed E-state index contributed by atoms with van der Waals surface area (Å²) in [5, 5.41) is 9.24. The average molecular weight is 375 g/mol. The summed E-state index contributed by atoms with van der Waals surface area (Å²) < 4.78 is 25.3. The molecule has 2 rings (SSSR count). The number of carbonyl (C=O) groups is 2. The number of Topliss-reactive ketones (excluding diaryl/α,β-unsaturated/α-hetero) is 1. The van der Waals surface area contributed by atoms with E-state index in [9.17, 15) is 23.1 Å². The first-order valence-electron chi connectivity index (χ1n) is 8.04. The summed E-state index contributed by atoms with van der Waals surface area (Å²) in [6, 6.07) is 12.2. The van der Waals surface area contributed by atoms with Gasteiger partial charge in [0.15, 0.2) is 9.84 Å². The van der Waals surface area contributed by atoms with E-state index >= 15 is 0 Å². The summed E-state index contributed by atoms with van der Waals surface area (Å²) in [5.74, 6) is -0.886. The normalized spacial score (nSPS) is 11.2. The number of carbonyl (C=O) groups excluding carboxylic acids is 2. The van der Waals surface area contributed by atoms with Crippen molar-refractivity contribution in [2.45, 2.75) is 17.7 Å². The van der Waals surface area contributed by atoms with Gasteiger partial charge in [-0.1, -0.05) is 24.3 Å². The van der Waals surface area contributed by atoms with Crippen LogP contribution in [0.2, 0.25) is 0 Å². The van der Waals surface area contributed by atoms with Crippen LogP contribution in [0.15, 0.2) is 53.4 Å². The molecule has 0 heterocycles. The topological polar surface area (TPSA) is 91.8 Å². The van der Waals surface area contributed by atoms with Crippen molar-refractivity contribution in [2.75, 3.05) is 19.8 Å². The molecular formula is C19H21NO5S. The number of hydrogen-bond acceptors (Lipinski definition) is 5. The second-order valence-corrected chi connectivity index (χ2v) is 8.22. The Balaban J connectivity index is 2.10. The minimum Gasteiger partial charge on any atom is -0.508 e. The van der Waals surface area contributed by atoms with E-state index in [1.54, 1.807) is 38.4 Å². The fraction of sp³-hybridized carbons (Fsp3) is 0.263. The Hall–Kier alpha value is -2.67. The van der Waals surface area contributed by atoms with E-state index in [-0.39, 0.29) is 40.6 Å². The molecular weight excluding hydrogens is 354 g/mol. The third kappa shape index (κ3) is 4.92. The number of hydrogen-bond donors (Lipinski definition) is 1. The van der Waals surface area contributed by atoms with E-state index in [0.29, 0.717) is 5.56 Å². The second-order valence-electron chi connectivity index (χ2n) is 6.15. The fourth-order valence-corrected chi connectivity index (χ4v) is 3.94. The number of benzene rings is 2. The van der Waals surface area contributed by atoms with Crippen molar-refractivity contribution >= 4 is 21.5 Å². The molecule has 0 aromatic heterocycles. The van der Waals surface area contributed by atoms with Gasteiger partial charge in [0.1, 0.15) is 11.5 Å². The number of aromatic hydroxyl groups is 1. The van der Waals surface area contributed by atoms with Crippen LogP contribution < -0.4 is 0 Å². The number of sulfone groups is 1. The smallest absolute Gasteiger partial charge is 0.254 e. The predicted octanol–water partition coefficient (Wildman–Crippen LogP) is 2.07. The van der Waals surface area contributed by atoms with Crippen molar-refractivity contribution in [1.82, 2.24) is 4.90 Å². The lowest BCUT2D eigenvalue weighted by Gasteiger charge is -2.14. The van der Waals surface area contributed by atoms with Gasteiger partial charge in [-0.15, -0.1) is 0 Å². The minimum absolute atomic E-state index is 0.0591. The highest BCUT2D eigenvalue weighted by atomic mass is 32.2. The van der Waals surface area contributed by atoms with Crippen LogP contribution >= 0.6 is 0 Å². The lowest BCUT2D eigenvalue weighted by atomic mass is 10.1. The van der Waals surface area contributed by atoms with Crippen molar-refractivity contribution in [3.63, 3.8) is 0 Å². The van der Waals surface area contributed by atoms with Crippen LogP contribution in [0.5, 0.6) is 5.75 Å². The molecule has 0 fully saturated rings.